The van der Waals surface area contributed by atoms with Gasteiger partial charge in [-0.2, -0.15) is 12.7 Å². The van der Waals surface area contributed by atoms with Crippen LogP contribution in [-0.2, 0) is 15.0 Å². The molecule has 0 aromatic heterocycles. The molecular weight excluding hydrogens is 302 g/mol. The third-order valence-corrected chi connectivity index (χ3v) is 5.59. The average Bonchev–Trinajstić information content (AvgIpc) is 2.53. The predicted octanol–water partition coefficient (Wildman–Crippen LogP) is 1.31. The summed E-state index contributed by atoms with van der Waals surface area (Å²) in [5.41, 5.74) is 0.501. The summed E-state index contributed by atoms with van der Waals surface area (Å²) in [6.45, 7) is 1.26. The molecule has 1 fully saturated rings. The monoisotopic (exact) mass is 325 g/mol. The number of likely N-dealkylation sites (tertiary alicyclic amines) is 1. The number of carbonyl (C=O) groups is 1. The highest BCUT2D eigenvalue weighted by Crippen LogP contribution is 2.19. The first-order valence-corrected chi connectivity index (χ1v) is 8.85. The Kier molecular flexibility index (Phi) is 5.42. The molecule has 0 N–H and O–H groups in total. The van der Waals surface area contributed by atoms with Gasteiger partial charge >= 0.3 is 10.2 Å². The van der Waals surface area contributed by atoms with E-state index < -0.39 is 10.2 Å². The van der Waals surface area contributed by atoms with Gasteiger partial charge in [0.05, 0.1) is 5.69 Å². The summed E-state index contributed by atoms with van der Waals surface area (Å²) in [5.74, 6) is -0.144. The van der Waals surface area contributed by atoms with Gasteiger partial charge in [0.1, 0.15) is 6.54 Å². The van der Waals surface area contributed by atoms with Gasteiger partial charge in [0.25, 0.3) is 0 Å². The van der Waals surface area contributed by atoms with Crippen LogP contribution in [0.15, 0.2) is 30.3 Å². The third kappa shape index (κ3) is 3.78. The third-order valence-electron chi connectivity index (χ3n) is 3.77. The minimum atomic E-state index is -3.71. The number of para-hydroxylation sites is 1. The van der Waals surface area contributed by atoms with Gasteiger partial charge in [-0.15, -0.1) is 0 Å². The molecule has 0 saturated carbocycles. The summed E-state index contributed by atoms with van der Waals surface area (Å²) < 4.78 is 27.4. The topological polar surface area (TPSA) is 60.9 Å². The molecule has 0 spiro atoms. The Morgan fingerprint density at radius 1 is 1.09 bits per heavy atom. The van der Waals surface area contributed by atoms with Gasteiger partial charge in [0.2, 0.25) is 5.91 Å². The van der Waals surface area contributed by atoms with Crippen LogP contribution in [-0.4, -0.2) is 57.3 Å². The fourth-order valence-electron chi connectivity index (χ4n) is 2.46. The van der Waals surface area contributed by atoms with E-state index in [0.29, 0.717) is 18.8 Å². The molecule has 0 unspecified atom stereocenters. The summed E-state index contributed by atoms with van der Waals surface area (Å²) in [7, 11) is -0.769. The number of carbonyl (C=O) groups excluding carboxylic acids is 1. The van der Waals surface area contributed by atoms with Gasteiger partial charge in [0, 0.05) is 27.2 Å². The second kappa shape index (κ2) is 7.11. The van der Waals surface area contributed by atoms with Crippen LogP contribution in [0.1, 0.15) is 19.3 Å². The van der Waals surface area contributed by atoms with Crippen molar-refractivity contribution in [1.82, 2.24) is 9.21 Å². The highest BCUT2D eigenvalue weighted by molar-refractivity contribution is 7.90. The molecule has 122 valence electrons. The maximum absolute atomic E-state index is 12.5. The van der Waals surface area contributed by atoms with Crippen LogP contribution in [0.25, 0.3) is 0 Å². The largest absolute Gasteiger partial charge is 0.341 e. The normalized spacial score (nSPS) is 15.9. The van der Waals surface area contributed by atoms with Crippen LogP contribution >= 0.6 is 0 Å². The molecule has 0 atom stereocenters. The Balaban J connectivity index is 2.23. The molecule has 22 heavy (non-hydrogen) atoms. The zero-order chi connectivity index (χ0) is 16.2. The number of piperidine rings is 1. The molecule has 2 rings (SSSR count). The SMILES string of the molecule is CN(C)S(=O)(=O)N(CC(=O)N1CCCCC1)c1ccccc1. The van der Waals surface area contributed by atoms with Crippen molar-refractivity contribution in [2.75, 3.05) is 38.0 Å². The number of hydrogen-bond acceptors (Lipinski definition) is 3. The van der Waals surface area contributed by atoms with E-state index in [1.165, 1.54) is 18.4 Å². The van der Waals surface area contributed by atoms with Crippen molar-refractivity contribution >= 4 is 21.8 Å². The van der Waals surface area contributed by atoms with Crippen molar-refractivity contribution in [3.8, 4) is 0 Å². The predicted molar refractivity (Wildman–Crippen MR) is 86.8 cm³/mol. The van der Waals surface area contributed by atoms with Crippen LogP contribution in [0.4, 0.5) is 5.69 Å². The van der Waals surface area contributed by atoms with Crippen LogP contribution < -0.4 is 4.31 Å². The van der Waals surface area contributed by atoms with Crippen LogP contribution in [0.3, 0.4) is 0 Å². The molecule has 0 radical (unpaired) electrons. The van der Waals surface area contributed by atoms with Crippen molar-refractivity contribution < 1.29 is 13.2 Å². The molecule has 1 aromatic carbocycles. The van der Waals surface area contributed by atoms with Gasteiger partial charge in [-0.3, -0.25) is 4.79 Å². The maximum atomic E-state index is 12.5. The van der Waals surface area contributed by atoms with Crippen LogP contribution in [0.2, 0.25) is 0 Å². The smallest absolute Gasteiger partial charge is 0.304 e. The molecule has 1 amide bonds. The van der Waals surface area contributed by atoms with Crippen LogP contribution in [0, 0.1) is 0 Å². The Morgan fingerprint density at radius 3 is 2.23 bits per heavy atom. The highest BCUT2D eigenvalue weighted by atomic mass is 32.2. The van der Waals surface area contributed by atoms with E-state index >= 15 is 0 Å². The van der Waals surface area contributed by atoms with E-state index in [9.17, 15) is 13.2 Å². The lowest BCUT2D eigenvalue weighted by Gasteiger charge is -2.31. The minimum Gasteiger partial charge on any atom is -0.341 e. The molecule has 1 aromatic rings. The minimum absolute atomic E-state index is 0.144. The number of rotatable bonds is 5. The summed E-state index contributed by atoms with van der Waals surface area (Å²) >= 11 is 0. The molecule has 1 aliphatic heterocycles. The van der Waals surface area contributed by atoms with E-state index in [1.807, 2.05) is 6.07 Å². The summed E-state index contributed by atoms with van der Waals surface area (Å²) in [5, 5.41) is 0. The van der Waals surface area contributed by atoms with Crippen molar-refractivity contribution in [3.63, 3.8) is 0 Å². The van der Waals surface area contributed by atoms with Crippen LogP contribution in [0.5, 0.6) is 0 Å². The number of anilines is 1. The lowest BCUT2D eigenvalue weighted by atomic mass is 10.1. The summed E-state index contributed by atoms with van der Waals surface area (Å²) in [6, 6.07) is 8.74. The van der Waals surface area contributed by atoms with Gasteiger partial charge in [0.15, 0.2) is 0 Å². The molecule has 0 aliphatic carbocycles. The molecular formula is C15H23N3O3S. The van der Waals surface area contributed by atoms with Crippen molar-refractivity contribution in [1.29, 1.82) is 0 Å². The Morgan fingerprint density at radius 2 is 1.68 bits per heavy atom. The maximum Gasteiger partial charge on any atom is 0.304 e. The summed E-state index contributed by atoms with van der Waals surface area (Å²) in [6.07, 6.45) is 3.09. The standard InChI is InChI=1S/C15H23N3O3S/c1-16(2)22(20,21)18(14-9-5-3-6-10-14)13-15(19)17-11-7-4-8-12-17/h3,5-6,9-10H,4,7-8,11-13H2,1-2H3. The first kappa shape index (κ1) is 16.8. The zero-order valence-corrected chi connectivity index (χ0v) is 13.9. The fraction of sp³-hybridized carbons (Fsp3) is 0.533. The van der Waals surface area contributed by atoms with Gasteiger partial charge in [-0.05, 0) is 31.4 Å². The molecule has 1 heterocycles. The van der Waals surface area contributed by atoms with Gasteiger partial charge in [-0.1, -0.05) is 18.2 Å². The summed E-state index contributed by atoms with van der Waals surface area (Å²) in [4.78, 5) is 14.2. The molecule has 1 saturated heterocycles. The first-order valence-electron chi connectivity index (χ1n) is 7.46. The number of amides is 1. The molecule has 6 nitrogen and oxygen atoms in total. The van der Waals surface area contributed by atoms with E-state index in [4.69, 9.17) is 0 Å². The average molecular weight is 325 g/mol. The lowest BCUT2D eigenvalue weighted by Crippen LogP contribution is -2.48. The van der Waals surface area contributed by atoms with Gasteiger partial charge < -0.3 is 4.90 Å². The second-order valence-electron chi connectivity index (χ2n) is 5.57. The molecule has 1 aliphatic rings. The van der Waals surface area contributed by atoms with Crippen molar-refractivity contribution in [2.45, 2.75) is 19.3 Å². The second-order valence-corrected chi connectivity index (χ2v) is 7.64. The van der Waals surface area contributed by atoms with E-state index in [-0.39, 0.29) is 12.5 Å². The number of hydrogen-bond donors (Lipinski definition) is 0. The van der Waals surface area contributed by atoms with E-state index in [0.717, 1.165) is 23.6 Å². The Bertz CT molecular complexity index is 596. The quantitative estimate of drug-likeness (QED) is 0.820. The number of nitrogens with zero attached hydrogens (tertiary/aromatic N) is 3. The van der Waals surface area contributed by atoms with Crippen molar-refractivity contribution in [3.05, 3.63) is 30.3 Å². The zero-order valence-electron chi connectivity index (χ0n) is 13.1. The van der Waals surface area contributed by atoms with Crippen molar-refractivity contribution in [2.24, 2.45) is 0 Å². The molecule has 7 heteroatoms. The Labute approximate surface area is 132 Å². The first-order chi connectivity index (χ1) is 10.4. The molecule has 0 bridgehead atoms. The fourth-order valence-corrected chi connectivity index (χ4v) is 3.52. The lowest BCUT2D eigenvalue weighted by molar-refractivity contribution is -0.130. The van der Waals surface area contributed by atoms with E-state index in [1.54, 1.807) is 29.2 Å². The van der Waals surface area contributed by atoms with E-state index in [2.05, 4.69) is 0 Å². The Hall–Kier alpha value is -1.60. The number of benzene rings is 1. The van der Waals surface area contributed by atoms with Gasteiger partial charge in [-0.25, -0.2) is 4.31 Å². The highest BCUT2D eigenvalue weighted by Gasteiger charge is 2.29.